The number of carboxylic acid groups (broad SMARTS) is 1. The van der Waals surface area contributed by atoms with Crippen molar-refractivity contribution in [3.63, 3.8) is 0 Å². The minimum Gasteiger partial charge on any atom is -0.507 e. The van der Waals surface area contributed by atoms with Crippen molar-refractivity contribution in [1.29, 1.82) is 0 Å². The van der Waals surface area contributed by atoms with Crippen LogP contribution in [-0.2, 0) is 0 Å². The van der Waals surface area contributed by atoms with E-state index in [0.29, 0.717) is 17.4 Å². The van der Waals surface area contributed by atoms with Crippen molar-refractivity contribution in [2.24, 2.45) is 0 Å². The van der Waals surface area contributed by atoms with E-state index in [-0.39, 0.29) is 45.3 Å². The first-order valence-electron chi connectivity index (χ1n) is 7.56. The van der Waals surface area contributed by atoms with Gasteiger partial charge in [0.25, 0.3) is 0 Å². The lowest BCUT2D eigenvalue weighted by Crippen LogP contribution is -2.11. The summed E-state index contributed by atoms with van der Waals surface area (Å²) in [4.78, 5) is 35.8. The number of nitrogens with one attached hydrogen (secondary N) is 1. The molecule has 0 bridgehead atoms. The highest BCUT2D eigenvalue weighted by Gasteiger charge is 2.32. The van der Waals surface area contributed by atoms with Crippen LogP contribution in [0, 0.1) is 13.8 Å². The van der Waals surface area contributed by atoms with Crippen LogP contribution in [0.2, 0.25) is 0 Å². The summed E-state index contributed by atoms with van der Waals surface area (Å²) in [5.41, 5.74) is 0.437. The summed E-state index contributed by atoms with van der Waals surface area (Å²) in [5, 5.41) is 22.4. The lowest BCUT2D eigenvalue weighted by molar-refractivity contribution is 0.0689. The molecule has 0 fully saturated rings. The molecule has 3 rings (SSSR count). The number of aldehydes is 1. The molecule has 0 radical (unpaired) electrons. The Morgan fingerprint density at radius 3 is 2.54 bits per heavy atom. The first-order valence-corrected chi connectivity index (χ1v) is 7.56. The number of carbonyl (C=O) groups is 3. The van der Waals surface area contributed by atoms with Crippen LogP contribution in [-0.4, -0.2) is 35.5 Å². The van der Waals surface area contributed by atoms with Gasteiger partial charge in [-0.1, -0.05) is 0 Å². The smallest absolute Gasteiger partial charge is 0.346 e. The number of phenolic OH excluding ortho intramolecular Hbond substituents is 1. The molecular weight excluding hydrogens is 342 g/mol. The highest BCUT2D eigenvalue weighted by molar-refractivity contribution is 6.09. The fraction of sp³-hybridized carbons (Fsp3) is 0.167. The Morgan fingerprint density at radius 2 is 1.96 bits per heavy atom. The molecule has 0 saturated heterocycles. The van der Waals surface area contributed by atoms with E-state index in [0.717, 1.165) is 0 Å². The third kappa shape index (κ3) is 2.43. The summed E-state index contributed by atoms with van der Waals surface area (Å²) in [7, 11) is 1.37. The number of methoxy groups -OCH3 is 1. The number of esters is 1. The average Bonchev–Trinajstić information content (AvgIpc) is 2.72. The molecule has 0 aliphatic carbocycles. The summed E-state index contributed by atoms with van der Waals surface area (Å²) < 4.78 is 10.6. The van der Waals surface area contributed by atoms with Crippen LogP contribution in [0.25, 0.3) is 0 Å². The number of ether oxygens (including phenoxy) is 2. The van der Waals surface area contributed by atoms with Crippen LogP contribution in [0.4, 0.5) is 11.4 Å². The SMILES string of the molecule is COc1cc(C(=O)O)c2c(c1C)OC(=O)c1c(C)cc(O)c(C=O)c1N2. The molecule has 1 aliphatic heterocycles. The van der Waals surface area contributed by atoms with Gasteiger partial charge in [-0.05, 0) is 31.5 Å². The summed E-state index contributed by atoms with van der Waals surface area (Å²) in [6.07, 6.45) is 0.385. The maximum atomic E-state index is 12.7. The van der Waals surface area contributed by atoms with Crippen LogP contribution in [0.5, 0.6) is 17.2 Å². The van der Waals surface area contributed by atoms with Gasteiger partial charge < -0.3 is 25.0 Å². The number of carboxylic acids is 1. The maximum Gasteiger partial charge on any atom is 0.346 e. The summed E-state index contributed by atoms with van der Waals surface area (Å²) in [5.74, 6) is -2.17. The second kappa shape index (κ2) is 6.07. The zero-order valence-electron chi connectivity index (χ0n) is 14.2. The minimum atomic E-state index is -1.28. The van der Waals surface area contributed by atoms with Gasteiger partial charge in [-0.15, -0.1) is 0 Å². The fourth-order valence-corrected chi connectivity index (χ4v) is 2.96. The molecule has 1 aliphatic rings. The third-order valence-corrected chi connectivity index (χ3v) is 4.24. The first-order chi connectivity index (χ1) is 12.3. The predicted octanol–water partition coefficient (Wildman–Crippen LogP) is 2.80. The molecule has 8 nitrogen and oxygen atoms in total. The number of hydrogen-bond donors (Lipinski definition) is 3. The van der Waals surface area contributed by atoms with Crippen molar-refractivity contribution in [2.75, 3.05) is 12.4 Å². The Kier molecular flexibility index (Phi) is 4.03. The molecule has 0 amide bonds. The van der Waals surface area contributed by atoms with E-state index in [1.165, 1.54) is 19.2 Å². The van der Waals surface area contributed by atoms with E-state index in [4.69, 9.17) is 9.47 Å². The molecule has 2 aromatic carbocycles. The molecule has 3 N–H and O–H groups in total. The topological polar surface area (TPSA) is 122 Å². The first kappa shape index (κ1) is 17.3. The number of anilines is 2. The van der Waals surface area contributed by atoms with Crippen molar-refractivity contribution in [3.8, 4) is 17.2 Å². The van der Waals surface area contributed by atoms with Crippen LogP contribution in [0.1, 0.15) is 42.2 Å². The average molecular weight is 357 g/mol. The molecule has 0 atom stereocenters. The molecule has 0 unspecified atom stereocenters. The molecule has 2 aromatic rings. The normalized spacial score (nSPS) is 12.2. The standard InChI is InChI=1S/C18H15NO7/c1-7-4-11(21)10(6-20)14-13(7)18(24)26-16-8(2)12(25-3)5-9(17(22)23)15(16)19-14/h4-6,19,21H,1-3H3,(H,22,23). The van der Waals surface area contributed by atoms with Gasteiger partial charge >= 0.3 is 11.9 Å². The largest absolute Gasteiger partial charge is 0.507 e. The Morgan fingerprint density at radius 1 is 1.27 bits per heavy atom. The second-order valence-electron chi connectivity index (χ2n) is 5.77. The molecule has 26 heavy (non-hydrogen) atoms. The zero-order valence-corrected chi connectivity index (χ0v) is 14.2. The third-order valence-electron chi connectivity index (χ3n) is 4.24. The van der Waals surface area contributed by atoms with Gasteiger partial charge in [-0.25, -0.2) is 9.59 Å². The van der Waals surface area contributed by atoms with Crippen molar-refractivity contribution in [3.05, 3.63) is 39.9 Å². The predicted molar refractivity (Wildman–Crippen MR) is 91.2 cm³/mol. The lowest BCUT2D eigenvalue weighted by atomic mass is 10.0. The number of carbonyl (C=O) groups excluding carboxylic acids is 2. The van der Waals surface area contributed by atoms with Gasteiger partial charge in [-0.2, -0.15) is 0 Å². The van der Waals surface area contributed by atoms with E-state index >= 15 is 0 Å². The molecule has 0 aromatic heterocycles. The van der Waals surface area contributed by atoms with Crippen LogP contribution in [0.15, 0.2) is 12.1 Å². The number of phenols is 1. The van der Waals surface area contributed by atoms with Crippen molar-refractivity contribution in [1.82, 2.24) is 0 Å². The van der Waals surface area contributed by atoms with Gasteiger partial charge in [0.15, 0.2) is 12.0 Å². The molecule has 8 heteroatoms. The summed E-state index contributed by atoms with van der Waals surface area (Å²) in [6.45, 7) is 3.18. The van der Waals surface area contributed by atoms with E-state index in [1.807, 2.05) is 0 Å². The zero-order chi connectivity index (χ0) is 19.2. The Labute approximate surface area is 148 Å². The highest BCUT2D eigenvalue weighted by Crippen LogP contribution is 2.45. The van der Waals surface area contributed by atoms with Crippen LogP contribution in [0.3, 0.4) is 0 Å². The molecule has 0 spiro atoms. The quantitative estimate of drug-likeness (QED) is 0.435. The number of hydrogen-bond acceptors (Lipinski definition) is 7. The van der Waals surface area contributed by atoms with Gasteiger partial charge in [0, 0.05) is 5.56 Å². The van der Waals surface area contributed by atoms with Gasteiger partial charge in [0.05, 0.1) is 35.2 Å². The van der Waals surface area contributed by atoms with E-state index in [9.17, 15) is 24.6 Å². The van der Waals surface area contributed by atoms with Crippen molar-refractivity contribution in [2.45, 2.75) is 13.8 Å². The summed E-state index contributed by atoms with van der Waals surface area (Å²) >= 11 is 0. The van der Waals surface area contributed by atoms with Gasteiger partial charge in [0.1, 0.15) is 11.5 Å². The molecule has 134 valence electrons. The van der Waals surface area contributed by atoms with E-state index in [1.54, 1.807) is 13.8 Å². The molecule has 0 saturated carbocycles. The number of aryl methyl sites for hydroxylation is 1. The highest BCUT2D eigenvalue weighted by atomic mass is 16.5. The van der Waals surface area contributed by atoms with Crippen LogP contribution < -0.4 is 14.8 Å². The Hall–Kier alpha value is -3.55. The Bertz CT molecular complexity index is 978. The number of aromatic carboxylic acids is 1. The minimum absolute atomic E-state index is 0.00370. The number of benzene rings is 2. The van der Waals surface area contributed by atoms with Crippen molar-refractivity contribution >= 4 is 29.6 Å². The van der Waals surface area contributed by atoms with E-state index in [2.05, 4.69) is 5.32 Å². The van der Waals surface area contributed by atoms with Crippen molar-refractivity contribution < 1.29 is 34.1 Å². The molecular formula is C18H15NO7. The van der Waals surface area contributed by atoms with E-state index < -0.39 is 11.9 Å². The van der Waals surface area contributed by atoms with Gasteiger partial charge in [-0.3, -0.25) is 4.79 Å². The molecule has 1 heterocycles. The maximum absolute atomic E-state index is 12.7. The number of fused-ring (bicyclic) bond motifs is 2. The summed E-state index contributed by atoms with van der Waals surface area (Å²) in [6, 6.07) is 2.56. The number of aromatic hydroxyl groups is 1. The monoisotopic (exact) mass is 357 g/mol. The van der Waals surface area contributed by atoms with Gasteiger partial charge in [0.2, 0.25) is 0 Å². The fourth-order valence-electron chi connectivity index (χ4n) is 2.96. The Balaban J connectivity index is 2.40. The number of rotatable bonds is 3. The second-order valence-corrected chi connectivity index (χ2v) is 5.77. The van der Waals surface area contributed by atoms with Crippen LogP contribution >= 0.6 is 0 Å². The lowest BCUT2D eigenvalue weighted by Gasteiger charge is -2.16.